The van der Waals surface area contributed by atoms with E-state index in [9.17, 15) is 4.79 Å². The second kappa shape index (κ2) is 8.03. The molecule has 1 aromatic carbocycles. The van der Waals surface area contributed by atoms with Crippen molar-refractivity contribution >= 4 is 6.09 Å². The maximum absolute atomic E-state index is 11.6. The molecule has 0 aliphatic heterocycles. The molecule has 1 rings (SSSR count). The predicted molar refractivity (Wildman–Crippen MR) is 86.4 cm³/mol. The number of alkyl carbamates (subject to hydrolysis) is 1. The summed E-state index contributed by atoms with van der Waals surface area (Å²) in [6, 6.07) is 8.60. The zero-order valence-electron chi connectivity index (χ0n) is 13.8. The van der Waals surface area contributed by atoms with Crippen LogP contribution in [-0.2, 0) is 17.7 Å². The average molecular weight is 292 g/mol. The molecule has 1 atom stereocenters. The van der Waals surface area contributed by atoms with Crippen LogP contribution in [0.15, 0.2) is 24.3 Å². The zero-order valence-corrected chi connectivity index (χ0v) is 13.8. The SMILES string of the molecule is CCc1ccc(CNCC(C)NC(=O)OC(C)(C)C)cc1. The van der Waals surface area contributed by atoms with Gasteiger partial charge in [0.05, 0.1) is 0 Å². The maximum atomic E-state index is 11.6. The highest BCUT2D eigenvalue weighted by atomic mass is 16.6. The number of carbonyl (C=O) groups is 1. The maximum Gasteiger partial charge on any atom is 0.407 e. The van der Waals surface area contributed by atoms with Crippen LogP contribution in [0.2, 0.25) is 0 Å². The van der Waals surface area contributed by atoms with Gasteiger partial charge in [0.15, 0.2) is 0 Å². The lowest BCUT2D eigenvalue weighted by Gasteiger charge is -2.22. The van der Waals surface area contributed by atoms with Crippen molar-refractivity contribution in [3.05, 3.63) is 35.4 Å². The van der Waals surface area contributed by atoms with Crippen LogP contribution in [0.3, 0.4) is 0 Å². The van der Waals surface area contributed by atoms with E-state index in [1.165, 1.54) is 11.1 Å². The molecule has 4 nitrogen and oxygen atoms in total. The van der Waals surface area contributed by atoms with Crippen LogP contribution >= 0.6 is 0 Å². The van der Waals surface area contributed by atoms with Crippen molar-refractivity contribution in [2.45, 2.75) is 59.2 Å². The number of hydrogen-bond donors (Lipinski definition) is 2. The summed E-state index contributed by atoms with van der Waals surface area (Å²) in [6.07, 6.45) is 0.689. The van der Waals surface area contributed by atoms with E-state index >= 15 is 0 Å². The molecule has 0 saturated heterocycles. The van der Waals surface area contributed by atoms with Crippen LogP contribution in [0.4, 0.5) is 4.79 Å². The van der Waals surface area contributed by atoms with Gasteiger partial charge in [-0.15, -0.1) is 0 Å². The first kappa shape index (κ1) is 17.5. The van der Waals surface area contributed by atoms with Gasteiger partial charge in [-0.1, -0.05) is 31.2 Å². The fraction of sp³-hybridized carbons (Fsp3) is 0.588. The van der Waals surface area contributed by atoms with Gasteiger partial charge in [-0.2, -0.15) is 0 Å². The van der Waals surface area contributed by atoms with Crippen molar-refractivity contribution in [3.63, 3.8) is 0 Å². The first-order valence-corrected chi connectivity index (χ1v) is 7.58. The number of carbonyl (C=O) groups excluding carboxylic acids is 1. The molecule has 1 amide bonds. The molecule has 21 heavy (non-hydrogen) atoms. The topological polar surface area (TPSA) is 50.4 Å². The second-order valence-corrected chi connectivity index (χ2v) is 6.35. The third kappa shape index (κ3) is 7.71. The van der Waals surface area contributed by atoms with Crippen LogP contribution in [-0.4, -0.2) is 24.3 Å². The standard InChI is InChI=1S/C17H28N2O2/c1-6-14-7-9-15(10-8-14)12-18-11-13(2)19-16(20)21-17(3,4)5/h7-10,13,18H,6,11-12H2,1-5H3,(H,19,20). The van der Waals surface area contributed by atoms with Crippen LogP contribution in [0.25, 0.3) is 0 Å². The summed E-state index contributed by atoms with van der Waals surface area (Å²) in [5.74, 6) is 0. The largest absolute Gasteiger partial charge is 0.444 e. The fourth-order valence-electron chi connectivity index (χ4n) is 1.89. The van der Waals surface area contributed by atoms with Gasteiger partial charge in [0.2, 0.25) is 0 Å². The minimum absolute atomic E-state index is 0.0229. The number of benzene rings is 1. The number of ether oxygens (including phenoxy) is 1. The Kier molecular flexibility index (Phi) is 6.69. The highest BCUT2D eigenvalue weighted by Gasteiger charge is 2.17. The second-order valence-electron chi connectivity index (χ2n) is 6.35. The van der Waals surface area contributed by atoms with E-state index in [-0.39, 0.29) is 12.1 Å². The van der Waals surface area contributed by atoms with E-state index in [0.29, 0.717) is 6.54 Å². The van der Waals surface area contributed by atoms with Gasteiger partial charge in [-0.3, -0.25) is 0 Å². The number of rotatable bonds is 6. The van der Waals surface area contributed by atoms with Crippen molar-refractivity contribution in [1.82, 2.24) is 10.6 Å². The highest BCUT2D eigenvalue weighted by Crippen LogP contribution is 2.07. The third-order valence-corrected chi connectivity index (χ3v) is 2.97. The fourth-order valence-corrected chi connectivity index (χ4v) is 1.89. The normalized spacial score (nSPS) is 12.8. The average Bonchev–Trinajstić information content (AvgIpc) is 2.37. The van der Waals surface area contributed by atoms with Crippen LogP contribution in [0.1, 0.15) is 45.7 Å². The van der Waals surface area contributed by atoms with Gasteiger partial charge in [0.25, 0.3) is 0 Å². The Labute approximate surface area is 128 Å². The van der Waals surface area contributed by atoms with Crippen molar-refractivity contribution in [3.8, 4) is 0 Å². The molecule has 0 radical (unpaired) electrons. The monoisotopic (exact) mass is 292 g/mol. The molecule has 1 aromatic rings. The van der Waals surface area contributed by atoms with Crippen LogP contribution in [0.5, 0.6) is 0 Å². The molecule has 0 fully saturated rings. The summed E-state index contributed by atoms with van der Waals surface area (Å²) in [5.41, 5.74) is 2.13. The Bertz CT molecular complexity index is 435. The molecular formula is C17H28N2O2. The number of hydrogen-bond acceptors (Lipinski definition) is 3. The van der Waals surface area contributed by atoms with E-state index in [1.54, 1.807) is 0 Å². The molecule has 1 unspecified atom stereocenters. The lowest BCUT2D eigenvalue weighted by Crippen LogP contribution is -2.42. The zero-order chi connectivity index (χ0) is 15.9. The molecule has 0 aliphatic rings. The smallest absolute Gasteiger partial charge is 0.407 e. The Morgan fingerprint density at radius 3 is 2.29 bits per heavy atom. The van der Waals surface area contributed by atoms with Crippen molar-refractivity contribution in [1.29, 1.82) is 0 Å². The van der Waals surface area contributed by atoms with Crippen molar-refractivity contribution in [2.75, 3.05) is 6.54 Å². The molecule has 0 aromatic heterocycles. The van der Waals surface area contributed by atoms with Gasteiger partial charge >= 0.3 is 6.09 Å². The van der Waals surface area contributed by atoms with Crippen LogP contribution in [0, 0.1) is 0 Å². The molecule has 0 saturated carbocycles. The lowest BCUT2D eigenvalue weighted by atomic mass is 10.1. The Morgan fingerprint density at radius 1 is 1.19 bits per heavy atom. The molecule has 0 bridgehead atoms. The van der Waals surface area contributed by atoms with Gasteiger partial charge in [0.1, 0.15) is 5.60 Å². The van der Waals surface area contributed by atoms with E-state index in [0.717, 1.165) is 13.0 Å². The first-order valence-electron chi connectivity index (χ1n) is 7.58. The number of amides is 1. The Hall–Kier alpha value is -1.55. The molecule has 0 spiro atoms. The predicted octanol–water partition coefficient (Wildman–Crippen LogP) is 3.25. The number of nitrogens with one attached hydrogen (secondary N) is 2. The summed E-state index contributed by atoms with van der Waals surface area (Å²) >= 11 is 0. The van der Waals surface area contributed by atoms with E-state index < -0.39 is 5.60 Å². The van der Waals surface area contributed by atoms with E-state index in [4.69, 9.17) is 4.74 Å². The molecular weight excluding hydrogens is 264 g/mol. The molecule has 0 heterocycles. The summed E-state index contributed by atoms with van der Waals surface area (Å²) in [5, 5.41) is 6.15. The minimum atomic E-state index is -0.460. The van der Waals surface area contributed by atoms with E-state index in [2.05, 4.69) is 41.8 Å². The molecule has 0 aliphatic carbocycles. The van der Waals surface area contributed by atoms with Crippen molar-refractivity contribution < 1.29 is 9.53 Å². The van der Waals surface area contributed by atoms with Crippen molar-refractivity contribution in [2.24, 2.45) is 0 Å². The van der Waals surface area contributed by atoms with Crippen LogP contribution < -0.4 is 10.6 Å². The molecule has 118 valence electrons. The summed E-state index contributed by atoms with van der Waals surface area (Å²) < 4.78 is 5.22. The minimum Gasteiger partial charge on any atom is -0.444 e. The highest BCUT2D eigenvalue weighted by molar-refractivity contribution is 5.68. The summed E-state index contributed by atoms with van der Waals surface area (Å²) in [6.45, 7) is 11.2. The third-order valence-electron chi connectivity index (χ3n) is 2.97. The summed E-state index contributed by atoms with van der Waals surface area (Å²) in [7, 11) is 0. The van der Waals surface area contributed by atoms with Gasteiger partial charge in [-0.25, -0.2) is 4.79 Å². The van der Waals surface area contributed by atoms with E-state index in [1.807, 2.05) is 27.7 Å². The molecule has 2 N–H and O–H groups in total. The lowest BCUT2D eigenvalue weighted by molar-refractivity contribution is 0.0508. The first-order chi connectivity index (χ1) is 9.80. The Morgan fingerprint density at radius 2 is 1.76 bits per heavy atom. The summed E-state index contributed by atoms with van der Waals surface area (Å²) in [4.78, 5) is 11.6. The quantitative estimate of drug-likeness (QED) is 0.846. The molecule has 4 heteroatoms. The van der Waals surface area contributed by atoms with Gasteiger partial charge in [-0.05, 0) is 45.2 Å². The van der Waals surface area contributed by atoms with Gasteiger partial charge < -0.3 is 15.4 Å². The number of aryl methyl sites for hydroxylation is 1. The Balaban J connectivity index is 2.26. The van der Waals surface area contributed by atoms with Gasteiger partial charge in [0, 0.05) is 19.1 Å².